The van der Waals surface area contributed by atoms with Crippen LogP contribution in [-0.4, -0.2) is 28.3 Å². The van der Waals surface area contributed by atoms with Crippen molar-refractivity contribution < 1.29 is 9.59 Å². The van der Waals surface area contributed by atoms with Crippen molar-refractivity contribution in [2.45, 2.75) is 27.7 Å². The molecule has 1 aliphatic heterocycles. The smallest absolute Gasteiger partial charge is 0.261 e. The van der Waals surface area contributed by atoms with E-state index in [9.17, 15) is 9.59 Å². The van der Waals surface area contributed by atoms with Crippen LogP contribution in [0, 0.1) is 6.92 Å². The number of benzene rings is 1. The van der Waals surface area contributed by atoms with Gasteiger partial charge in [-0.3, -0.25) is 14.5 Å². The minimum Gasteiger partial charge on any atom is -0.347 e. The third-order valence-electron chi connectivity index (χ3n) is 4.99. The van der Waals surface area contributed by atoms with Crippen molar-refractivity contribution in [3.05, 3.63) is 50.6 Å². The maximum Gasteiger partial charge on any atom is 0.261 e. The molecule has 1 aromatic heterocycles. The highest BCUT2D eigenvalue weighted by molar-refractivity contribution is 9.10. The van der Waals surface area contributed by atoms with Gasteiger partial charge in [-0.2, -0.15) is 0 Å². The normalized spacial score (nSPS) is 17.1. The number of nitrogens with zero attached hydrogens (tertiary/aromatic N) is 2. The first-order valence-corrected chi connectivity index (χ1v) is 8.92. The Bertz CT molecular complexity index is 1000. The zero-order chi connectivity index (χ0) is 18.6. The molecule has 5 heteroatoms. The second-order valence-corrected chi connectivity index (χ2v) is 7.64. The van der Waals surface area contributed by atoms with Crippen molar-refractivity contribution in [1.82, 2.24) is 9.47 Å². The number of likely N-dealkylation sites (tertiary alicyclic amines) is 1. The number of allylic oxidation sites excluding steroid dienone is 2. The van der Waals surface area contributed by atoms with Gasteiger partial charge < -0.3 is 4.57 Å². The van der Waals surface area contributed by atoms with Crippen molar-refractivity contribution in [1.29, 1.82) is 0 Å². The molecular formula is C20H21BrN2O2. The van der Waals surface area contributed by atoms with Gasteiger partial charge in [0, 0.05) is 40.7 Å². The van der Waals surface area contributed by atoms with E-state index in [1.807, 2.05) is 40.8 Å². The van der Waals surface area contributed by atoms with E-state index in [2.05, 4.69) is 32.6 Å². The molecule has 0 aliphatic carbocycles. The van der Waals surface area contributed by atoms with Crippen LogP contribution in [0.4, 0.5) is 0 Å². The number of hydrogen-bond acceptors (Lipinski definition) is 2. The molecule has 2 aromatic rings. The van der Waals surface area contributed by atoms with E-state index in [0.29, 0.717) is 11.1 Å². The number of imide groups is 1. The van der Waals surface area contributed by atoms with Gasteiger partial charge >= 0.3 is 0 Å². The van der Waals surface area contributed by atoms with Crippen molar-refractivity contribution >= 4 is 44.2 Å². The topological polar surface area (TPSA) is 42.3 Å². The van der Waals surface area contributed by atoms with Gasteiger partial charge in [-0.1, -0.05) is 27.6 Å². The van der Waals surface area contributed by atoms with Gasteiger partial charge in [-0.15, -0.1) is 0 Å². The molecule has 1 aliphatic rings. The quantitative estimate of drug-likeness (QED) is 0.527. The zero-order valence-corrected chi connectivity index (χ0v) is 16.9. The first-order chi connectivity index (χ1) is 11.7. The SMILES string of the molecule is CC(C)=C1C(=O)N(C)C(=O)/C1=C(/C)c1c(C)n(C)c2cc(Br)ccc12. The average Bonchev–Trinajstić information content (AvgIpc) is 2.93. The van der Waals surface area contributed by atoms with Crippen LogP contribution in [0.3, 0.4) is 0 Å². The number of hydrogen-bond donors (Lipinski definition) is 0. The van der Waals surface area contributed by atoms with Crippen LogP contribution < -0.4 is 0 Å². The van der Waals surface area contributed by atoms with Crippen molar-refractivity contribution in [2.24, 2.45) is 7.05 Å². The summed E-state index contributed by atoms with van der Waals surface area (Å²) in [6, 6.07) is 6.12. The average molecular weight is 401 g/mol. The Kier molecular flexibility index (Phi) is 4.23. The van der Waals surface area contributed by atoms with Gasteiger partial charge in [0.15, 0.2) is 0 Å². The molecule has 4 nitrogen and oxygen atoms in total. The molecular weight excluding hydrogens is 380 g/mol. The maximum atomic E-state index is 12.8. The standard InChI is InChI=1S/C20H21BrN2O2/c1-10(2)16-18(20(25)23(6)19(16)24)11(3)17-12(4)22(5)15-9-13(21)7-8-14(15)17/h7-9H,1-6H3/b18-11-. The Morgan fingerprint density at radius 2 is 1.60 bits per heavy atom. The molecule has 0 bridgehead atoms. The van der Waals surface area contributed by atoms with E-state index in [1.54, 1.807) is 7.05 Å². The number of carbonyl (C=O) groups excluding carboxylic acids is 2. The van der Waals surface area contributed by atoms with E-state index >= 15 is 0 Å². The Morgan fingerprint density at radius 3 is 2.20 bits per heavy atom. The summed E-state index contributed by atoms with van der Waals surface area (Å²) in [6.07, 6.45) is 0. The van der Waals surface area contributed by atoms with E-state index in [1.165, 1.54) is 4.90 Å². The second-order valence-electron chi connectivity index (χ2n) is 6.73. The molecule has 25 heavy (non-hydrogen) atoms. The van der Waals surface area contributed by atoms with Crippen LogP contribution >= 0.6 is 15.9 Å². The Labute approximate surface area is 155 Å². The summed E-state index contributed by atoms with van der Waals surface area (Å²) < 4.78 is 3.13. The second kappa shape index (κ2) is 5.99. The van der Waals surface area contributed by atoms with Gasteiger partial charge in [-0.25, -0.2) is 0 Å². The molecule has 0 atom stereocenters. The van der Waals surface area contributed by atoms with Crippen LogP contribution in [0.25, 0.3) is 16.5 Å². The first-order valence-electron chi connectivity index (χ1n) is 8.12. The number of amides is 2. The molecule has 1 saturated heterocycles. The van der Waals surface area contributed by atoms with Crippen LogP contribution in [0.1, 0.15) is 32.0 Å². The predicted octanol–water partition coefficient (Wildman–Crippen LogP) is 4.36. The van der Waals surface area contributed by atoms with Crippen LogP contribution in [0.15, 0.2) is 39.4 Å². The van der Waals surface area contributed by atoms with Crippen LogP contribution in [0.2, 0.25) is 0 Å². The molecule has 0 radical (unpaired) electrons. The Hall–Kier alpha value is -2.14. The van der Waals surface area contributed by atoms with Crippen LogP contribution in [-0.2, 0) is 16.6 Å². The summed E-state index contributed by atoms with van der Waals surface area (Å²) in [7, 11) is 3.56. The highest BCUT2D eigenvalue weighted by atomic mass is 79.9. The summed E-state index contributed by atoms with van der Waals surface area (Å²) in [5.74, 6) is -0.452. The summed E-state index contributed by atoms with van der Waals surface area (Å²) in [5.41, 5.74) is 5.94. The van der Waals surface area contributed by atoms with E-state index in [4.69, 9.17) is 0 Å². The molecule has 0 spiro atoms. The molecule has 2 heterocycles. The summed E-state index contributed by atoms with van der Waals surface area (Å²) in [5, 5.41) is 1.08. The third kappa shape index (κ3) is 2.49. The fraction of sp³-hybridized carbons (Fsp3) is 0.300. The number of aryl methyl sites for hydroxylation is 1. The molecule has 0 N–H and O–H groups in total. The largest absolute Gasteiger partial charge is 0.347 e. The Balaban J connectivity index is 2.41. The number of carbonyl (C=O) groups is 2. The molecule has 1 aromatic carbocycles. The molecule has 130 valence electrons. The first kappa shape index (κ1) is 17.7. The van der Waals surface area contributed by atoms with E-state index in [-0.39, 0.29) is 11.8 Å². The van der Waals surface area contributed by atoms with Gasteiger partial charge in [-0.05, 0) is 45.4 Å². The number of fused-ring (bicyclic) bond motifs is 1. The van der Waals surface area contributed by atoms with Gasteiger partial charge in [0.25, 0.3) is 11.8 Å². The lowest BCUT2D eigenvalue weighted by molar-refractivity contribution is -0.134. The Morgan fingerprint density at radius 1 is 1.00 bits per heavy atom. The minimum atomic E-state index is -0.229. The lowest BCUT2D eigenvalue weighted by atomic mass is 9.93. The highest BCUT2D eigenvalue weighted by Gasteiger charge is 2.38. The monoisotopic (exact) mass is 400 g/mol. The lowest BCUT2D eigenvalue weighted by Crippen LogP contribution is -2.24. The van der Waals surface area contributed by atoms with E-state index < -0.39 is 0 Å². The number of halogens is 1. The van der Waals surface area contributed by atoms with E-state index in [0.717, 1.165) is 37.8 Å². The molecule has 1 fully saturated rings. The molecule has 0 saturated carbocycles. The van der Waals surface area contributed by atoms with Crippen LogP contribution in [0.5, 0.6) is 0 Å². The molecule has 0 unspecified atom stereocenters. The predicted molar refractivity (Wildman–Crippen MR) is 104 cm³/mol. The number of aromatic nitrogens is 1. The summed E-state index contributed by atoms with van der Waals surface area (Å²) in [4.78, 5) is 26.5. The van der Waals surface area contributed by atoms with Crippen molar-refractivity contribution in [2.75, 3.05) is 7.05 Å². The van der Waals surface area contributed by atoms with Crippen molar-refractivity contribution in [3.63, 3.8) is 0 Å². The third-order valence-corrected chi connectivity index (χ3v) is 5.49. The van der Waals surface area contributed by atoms with Crippen molar-refractivity contribution in [3.8, 4) is 0 Å². The number of rotatable bonds is 1. The highest BCUT2D eigenvalue weighted by Crippen LogP contribution is 2.38. The lowest BCUT2D eigenvalue weighted by Gasteiger charge is -2.08. The van der Waals surface area contributed by atoms with Gasteiger partial charge in [0.1, 0.15) is 0 Å². The van der Waals surface area contributed by atoms with Gasteiger partial charge in [0.2, 0.25) is 0 Å². The number of likely N-dealkylation sites (N-methyl/N-ethyl adjacent to an activating group) is 1. The maximum absolute atomic E-state index is 12.8. The fourth-order valence-corrected chi connectivity index (χ4v) is 3.94. The van der Waals surface area contributed by atoms with Gasteiger partial charge in [0.05, 0.1) is 11.1 Å². The summed E-state index contributed by atoms with van der Waals surface area (Å²) in [6.45, 7) is 7.73. The molecule has 3 rings (SSSR count). The summed E-state index contributed by atoms with van der Waals surface area (Å²) >= 11 is 3.52. The fourth-order valence-electron chi connectivity index (χ4n) is 3.59. The minimum absolute atomic E-state index is 0.222. The zero-order valence-electron chi connectivity index (χ0n) is 15.3. The molecule has 2 amide bonds.